The van der Waals surface area contributed by atoms with Gasteiger partial charge in [0.25, 0.3) is 0 Å². The van der Waals surface area contributed by atoms with Crippen molar-refractivity contribution in [2.45, 2.75) is 25.2 Å². The van der Waals surface area contributed by atoms with Crippen LogP contribution in [0.3, 0.4) is 0 Å². The second kappa shape index (κ2) is 9.75. The molecule has 180 valence electrons. The van der Waals surface area contributed by atoms with Gasteiger partial charge in [0.05, 0.1) is 23.7 Å². The molecule has 2 aliphatic heterocycles. The summed E-state index contributed by atoms with van der Waals surface area (Å²) in [7, 11) is 0. The highest BCUT2D eigenvalue weighted by Gasteiger charge is 2.27. The number of hydrogen-bond donors (Lipinski definition) is 0. The topological polar surface area (TPSA) is 76.4 Å². The van der Waals surface area contributed by atoms with Crippen LogP contribution in [0.4, 0.5) is 5.82 Å². The Morgan fingerprint density at radius 2 is 1.80 bits per heavy atom. The molecule has 5 heterocycles. The van der Waals surface area contributed by atoms with Gasteiger partial charge in [0.15, 0.2) is 5.65 Å². The summed E-state index contributed by atoms with van der Waals surface area (Å²) in [6, 6.07) is 14.1. The zero-order valence-corrected chi connectivity index (χ0v) is 20.4. The van der Waals surface area contributed by atoms with Crippen LogP contribution in [0, 0.1) is 0 Å². The smallest absolute Gasteiger partial charge is 0.227 e. The molecule has 4 aromatic rings. The lowest BCUT2D eigenvalue weighted by atomic mass is 9.99. The normalized spacial score (nSPS) is 17.3. The number of benzene rings is 1. The Hall–Kier alpha value is -3.30. The number of anilines is 1. The lowest BCUT2D eigenvalue weighted by Gasteiger charge is -2.36. The van der Waals surface area contributed by atoms with Gasteiger partial charge in [-0.25, -0.2) is 14.6 Å². The van der Waals surface area contributed by atoms with E-state index in [-0.39, 0.29) is 11.8 Å². The standard InChI is InChI=1S/C26H28N6O2S/c33-23(17-21-7-4-16-35-21)30-10-12-31(13-11-30)25-22-18-27-32(20-5-2-1-3-6-20)26(22)29-24(28-25)19-8-14-34-15-9-19/h1-7,16,18-19H,8-15,17H2. The van der Waals surface area contributed by atoms with Gasteiger partial charge in [-0.3, -0.25) is 4.79 Å². The molecule has 2 aliphatic rings. The van der Waals surface area contributed by atoms with E-state index in [1.807, 2.05) is 63.6 Å². The lowest BCUT2D eigenvalue weighted by Crippen LogP contribution is -2.49. The molecule has 3 aromatic heterocycles. The molecule has 1 aromatic carbocycles. The highest BCUT2D eigenvalue weighted by atomic mass is 32.1. The maximum Gasteiger partial charge on any atom is 0.227 e. The van der Waals surface area contributed by atoms with Gasteiger partial charge >= 0.3 is 0 Å². The number of carbonyl (C=O) groups excluding carboxylic acids is 1. The average Bonchev–Trinajstić information content (AvgIpc) is 3.59. The lowest BCUT2D eigenvalue weighted by molar-refractivity contribution is -0.130. The first-order valence-corrected chi connectivity index (χ1v) is 13.1. The number of rotatable bonds is 5. The van der Waals surface area contributed by atoms with Crippen molar-refractivity contribution in [3.8, 4) is 5.69 Å². The van der Waals surface area contributed by atoms with E-state index in [9.17, 15) is 4.79 Å². The van der Waals surface area contributed by atoms with E-state index in [0.29, 0.717) is 19.5 Å². The van der Waals surface area contributed by atoms with Gasteiger partial charge in [0.1, 0.15) is 11.6 Å². The van der Waals surface area contributed by atoms with Crippen LogP contribution in [0.15, 0.2) is 54.0 Å². The van der Waals surface area contributed by atoms with Crippen LogP contribution in [-0.4, -0.2) is 69.9 Å². The number of fused-ring (bicyclic) bond motifs is 1. The van der Waals surface area contributed by atoms with E-state index in [1.165, 1.54) is 0 Å². The molecule has 1 amide bonds. The van der Waals surface area contributed by atoms with Gasteiger partial charge in [-0.1, -0.05) is 24.3 Å². The number of thiophene rings is 1. The first kappa shape index (κ1) is 22.2. The van der Waals surface area contributed by atoms with E-state index in [1.54, 1.807) is 11.3 Å². The Labute approximate surface area is 208 Å². The summed E-state index contributed by atoms with van der Waals surface area (Å²) in [6.07, 6.45) is 4.21. The second-order valence-electron chi connectivity index (χ2n) is 9.05. The quantitative estimate of drug-likeness (QED) is 0.427. The third kappa shape index (κ3) is 4.53. The van der Waals surface area contributed by atoms with Gasteiger partial charge in [0.2, 0.25) is 5.91 Å². The molecule has 9 heteroatoms. The Balaban J connectivity index is 1.30. The number of ether oxygens (including phenoxy) is 1. The SMILES string of the molecule is O=C(Cc1cccs1)N1CCN(c2nc(C3CCOCC3)nc3c2cnn3-c2ccccc2)CC1. The number of piperazine rings is 1. The van der Waals surface area contributed by atoms with Gasteiger partial charge < -0.3 is 14.5 Å². The van der Waals surface area contributed by atoms with Crippen molar-refractivity contribution in [1.29, 1.82) is 0 Å². The van der Waals surface area contributed by atoms with Gasteiger partial charge in [-0.05, 0) is 36.4 Å². The monoisotopic (exact) mass is 488 g/mol. The van der Waals surface area contributed by atoms with Crippen molar-refractivity contribution in [2.75, 3.05) is 44.3 Å². The fraction of sp³-hybridized carbons (Fsp3) is 0.385. The molecule has 2 saturated heterocycles. The summed E-state index contributed by atoms with van der Waals surface area (Å²) >= 11 is 1.64. The van der Waals surface area contributed by atoms with Crippen LogP contribution in [0.25, 0.3) is 16.7 Å². The third-order valence-electron chi connectivity index (χ3n) is 6.85. The third-order valence-corrected chi connectivity index (χ3v) is 7.73. The molecule has 2 fully saturated rings. The van der Waals surface area contributed by atoms with Crippen molar-refractivity contribution in [3.63, 3.8) is 0 Å². The highest BCUT2D eigenvalue weighted by Crippen LogP contribution is 2.31. The van der Waals surface area contributed by atoms with Crippen molar-refractivity contribution in [1.82, 2.24) is 24.6 Å². The minimum absolute atomic E-state index is 0.194. The zero-order valence-electron chi connectivity index (χ0n) is 19.5. The summed E-state index contributed by atoms with van der Waals surface area (Å²) in [4.78, 5) is 28.3. The van der Waals surface area contributed by atoms with Crippen LogP contribution in [0.2, 0.25) is 0 Å². The number of hydrogen-bond acceptors (Lipinski definition) is 7. The van der Waals surface area contributed by atoms with Crippen LogP contribution < -0.4 is 4.90 Å². The molecule has 0 aliphatic carbocycles. The van der Waals surface area contributed by atoms with Crippen LogP contribution in [-0.2, 0) is 16.0 Å². The average molecular weight is 489 g/mol. The molecular formula is C26H28N6O2S. The number of aromatic nitrogens is 4. The van der Waals surface area contributed by atoms with Crippen molar-refractivity contribution < 1.29 is 9.53 Å². The first-order chi connectivity index (χ1) is 17.3. The minimum Gasteiger partial charge on any atom is -0.381 e. The summed E-state index contributed by atoms with van der Waals surface area (Å²) in [6.45, 7) is 4.34. The van der Waals surface area contributed by atoms with E-state index in [0.717, 1.165) is 72.4 Å². The summed E-state index contributed by atoms with van der Waals surface area (Å²) < 4.78 is 7.49. The molecule has 35 heavy (non-hydrogen) atoms. The Morgan fingerprint density at radius 1 is 1.00 bits per heavy atom. The van der Waals surface area contributed by atoms with E-state index in [2.05, 4.69) is 4.90 Å². The molecular weight excluding hydrogens is 460 g/mol. The molecule has 0 radical (unpaired) electrons. The molecule has 0 bridgehead atoms. The Morgan fingerprint density at radius 3 is 2.54 bits per heavy atom. The summed E-state index contributed by atoms with van der Waals surface area (Å²) in [5.74, 6) is 2.26. The molecule has 0 spiro atoms. The summed E-state index contributed by atoms with van der Waals surface area (Å²) in [5, 5.41) is 7.66. The first-order valence-electron chi connectivity index (χ1n) is 12.2. The second-order valence-corrected chi connectivity index (χ2v) is 10.1. The molecule has 0 N–H and O–H groups in total. The molecule has 0 unspecified atom stereocenters. The highest BCUT2D eigenvalue weighted by molar-refractivity contribution is 7.10. The predicted molar refractivity (Wildman–Crippen MR) is 136 cm³/mol. The Kier molecular flexibility index (Phi) is 6.18. The fourth-order valence-electron chi connectivity index (χ4n) is 4.89. The summed E-state index contributed by atoms with van der Waals surface area (Å²) in [5.41, 5.74) is 1.81. The molecule has 8 nitrogen and oxygen atoms in total. The maximum atomic E-state index is 12.8. The van der Waals surface area contributed by atoms with Crippen LogP contribution >= 0.6 is 11.3 Å². The number of carbonyl (C=O) groups is 1. The van der Waals surface area contributed by atoms with Crippen LogP contribution in [0.5, 0.6) is 0 Å². The van der Waals surface area contributed by atoms with Crippen molar-refractivity contribution in [2.24, 2.45) is 0 Å². The Bertz CT molecular complexity index is 1290. The number of para-hydroxylation sites is 1. The number of amides is 1. The number of nitrogens with zero attached hydrogens (tertiary/aromatic N) is 6. The van der Waals surface area contributed by atoms with E-state index in [4.69, 9.17) is 19.8 Å². The fourth-order valence-corrected chi connectivity index (χ4v) is 5.58. The van der Waals surface area contributed by atoms with Gasteiger partial charge in [0, 0.05) is 50.2 Å². The maximum absolute atomic E-state index is 12.8. The van der Waals surface area contributed by atoms with Crippen molar-refractivity contribution in [3.05, 3.63) is 64.7 Å². The zero-order chi connectivity index (χ0) is 23.6. The molecule has 6 rings (SSSR count). The molecule has 0 atom stereocenters. The van der Waals surface area contributed by atoms with Crippen molar-refractivity contribution >= 4 is 34.1 Å². The van der Waals surface area contributed by atoms with E-state index >= 15 is 0 Å². The van der Waals surface area contributed by atoms with Crippen LogP contribution in [0.1, 0.15) is 29.5 Å². The van der Waals surface area contributed by atoms with E-state index < -0.39 is 0 Å². The molecule has 0 saturated carbocycles. The predicted octanol–water partition coefficient (Wildman–Crippen LogP) is 3.66. The largest absolute Gasteiger partial charge is 0.381 e. The van der Waals surface area contributed by atoms with Gasteiger partial charge in [-0.15, -0.1) is 11.3 Å². The van der Waals surface area contributed by atoms with Gasteiger partial charge in [-0.2, -0.15) is 5.10 Å². The minimum atomic E-state index is 0.194.